The topological polar surface area (TPSA) is 78.7 Å². The lowest BCUT2D eigenvalue weighted by atomic mass is 10.1. The van der Waals surface area contributed by atoms with Gasteiger partial charge in [0.25, 0.3) is 5.91 Å². The van der Waals surface area contributed by atoms with Gasteiger partial charge in [-0.2, -0.15) is 5.26 Å². The normalized spacial score (nSPS) is 11.5. The van der Waals surface area contributed by atoms with E-state index in [1.165, 1.54) is 18.6 Å². The molecule has 0 aliphatic heterocycles. The molecule has 1 aromatic rings. The first-order valence-corrected chi connectivity index (χ1v) is 4.71. The standard InChI is InChI=1S/C10H12N4O/c1-2-8(3-4-11)14-10(15)9-7-12-5-6-13-9/h5-8H,2-3H2,1H3,(H,14,15). The Morgan fingerprint density at radius 3 is 3.00 bits per heavy atom. The van der Waals surface area contributed by atoms with Crippen LogP contribution in [0.15, 0.2) is 18.6 Å². The fourth-order valence-corrected chi connectivity index (χ4v) is 1.08. The molecule has 1 rings (SSSR count). The Labute approximate surface area is 88.2 Å². The number of aromatic nitrogens is 2. The first kappa shape index (κ1) is 11.1. The van der Waals surface area contributed by atoms with Crippen LogP contribution in [0.5, 0.6) is 0 Å². The predicted molar refractivity (Wildman–Crippen MR) is 53.8 cm³/mol. The number of hydrogen-bond donors (Lipinski definition) is 1. The molecule has 1 unspecified atom stereocenters. The summed E-state index contributed by atoms with van der Waals surface area (Å²) >= 11 is 0. The Morgan fingerprint density at radius 1 is 1.67 bits per heavy atom. The average Bonchev–Trinajstić information content (AvgIpc) is 2.29. The van der Waals surface area contributed by atoms with Crippen LogP contribution in [0, 0.1) is 11.3 Å². The Bertz CT molecular complexity index is 357. The lowest BCUT2D eigenvalue weighted by Gasteiger charge is -2.12. The SMILES string of the molecule is CCC(CC#N)NC(=O)c1cnccn1. The lowest BCUT2D eigenvalue weighted by Crippen LogP contribution is -2.34. The van der Waals surface area contributed by atoms with Crippen molar-refractivity contribution in [1.29, 1.82) is 5.26 Å². The van der Waals surface area contributed by atoms with Crippen molar-refractivity contribution in [3.8, 4) is 6.07 Å². The molecule has 1 aromatic heterocycles. The summed E-state index contributed by atoms with van der Waals surface area (Å²) in [6.07, 6.45) is 5.39. The lowest BCUT2D eigenvalue weighted by molar-refractivity contribution is 0.0931. The summed E-state index contributed by atoms with van der Waals surface area (Å²) < 4.78 is 0. The Balaban J connectivity index is 2.59. The number of nitriles is 1. The van der Waals surface area contributed by atoms with E-state index in [0.29, 0.717) is 6.42 Å². The highest BCUT2D eigenvalue weighted by atomic mass is 16.1. The van der Waals surface area contributed by atoms with E-state index in [1.807, 2.05) is 13.0 Å². The Kier molecular flexibility index (Phi) is 4.23. The molecule has 1 N–H and O–H groups in total. The molecule has 1 amide bonds. The zero-order valence-electron chi connectivity index (χ0n) is 8.47. The maximum atomic E-state index is 11.6. The summed E-state index contributed by atoms with van der Waals surface area (Å²) in [6, 6.07) is 1.90. The van der Waals surface area contributed by atoms with Gasteiger partial charge in [0.05, 0.1) is 18.7 Å². The van der Waals surface area contributed by atoms with Crippen molar-refractivity contribution in [1.82, 2.24) is 15.3 Å². The van der Waals surface area contributed by atoms with Crippen LogP contribution in [-0.2, 0) is 0 Å². The molecule has 0 radical (unpaired) electrons. The van der Waals surface area contributed by atoms with E-state index in [1.54, 1.807) is 0 Å². The van der Waals surface area contributed by atoms with Crippen molar-refractivity contribution in [2.45, 2.75) is 25.8 Å². The van der Waals surface area contributed by atoms with Crippen molar-refractivity contribution < 1.29 is 4.79 Å². The van der Waals surface area contributed by atoms with Crippen molar-refractivity contribution in [3.05, 3.63) is 24.3 Å². The molecule has 5 heteroatoms. The summed E-state index contributed by atoms with van der Waals surface area (Å²) in [5.74, 6) is -0.287. The Morgan fingerprint density at radius 2 is 2.47 bits per heavy atom. The van der Waals surface area contributed by atoms with Gasteiger partial charge in [-0.05, 0) is 6.42 Å². The van der Waals surface area contributed by atoms with Gasteiger partial charge in [0, 0.05) is 18.4 Å². The number of carbonyl (C=O) groups is 1. The first-order chi connectivity index (χ1) is 7.27. The third kappa shape index (κ3) is 3.35. The van der Waals surface area contributed by atoms with Gasteiger partial charge < -0.3 is 5.32 Å². The maximum Gasteiger partial charge on any atom is 0.271 e. The highest BCUT2D eigenvalue weighted by molar-refractivity contribution is 5.92. The fourth-order valence-electron chi connectivity index (χ4n) is 1.08. The zero-order chi connectivity index (χ0) is 11.1. The molecule has 78 valence electrons. The molecular weight excluding hydrogens is 192 g/mol. The van der Waals surface area contributed by atoms with E-state index in [0.717, 1.165) is 6.42 Å². The van der Waals surface area contributed by atoms with Crippen LogP contribution in [0.4, 0.5) is 0 Å². The molecule has 1 heterocycles. The maximum absolute atomic E-state index is 11.6. The minimum Gasteiger partial charge on any atom is -0.347 e. The number of nitrogens with zero attached hydrogens (tertiary/aromatic N) is 3. The van der Waals surface area contributed by atoms with E-state index in [4.69, 9.17) is 5.26 Å². The number of rotatable bonds is 4. The molecule has 15 heavy (non-hydrogen) atoms. The smallest absolute Gasteiger partial charge is 0.271 e. The molecule has 0 fully saturated rings. The quantitative estimate of drug-likeness (QED) is 0.790. The van der Waals surface area contributed by atoms with Crippen molar-refractivity contribution >= 4 is 5.91 Å². The third-order valence-corrected chi connectivity index (χ3v) is 1.96. The number of amides is 1. The highest BCUT2D eigenvalue weighted by Gasteiger charge is 2.12. The van der Waals surface area contributed by atoms with Crippen LogP contribution >= 0.6 is 0 Å². The second kappa shape index (κ2) is 5.70. The van der Waals surface area contributed by atoms with Crippen molar-refractivity contribution in [2.75, 3.05) is 0 Å². The van der Waals surface area contributed by atoms with Gasteiger partial charge in [0.1, 0.15) is 5.69 Å². The second-order valence-electron chi connectivity index (χ2n) is 3.03. The summed E-state index contributed by atoms with van der Waals surface area (Å²) in [6.45, 7) is 1.92. The zero-order valence-corrected chi connectivity index (χ0v) is 8.47. The molecule has 0 bridgehead atoms. The molecule has 0 saturated heterocycles. The monoisotopic (exact) mass is 204 g/mol. The highest BCUT2D eigenvalue weighted by Crippen LogP contribution is 1.98. The third-order valence-electron chi connectivity index (χ3n) is 1.96. The Hall–Kier alpha value is -1.96. The number of hydrogen-bond acceptors (Lipinski definition) is 4. The summed E-state index contributed by atoms with van der Waals surface area (Å²) in [5.41, 5.74) is 0.272. The summed E-state index contributed by atoms with van der Waals surface area (Å²) in [7, 11) is 0. The van der Waals surface area contributed by atoms with Gasteiger partial charge in [-0.3, -0.25) is 9.78 Å². The summed E-state index contributed by atoms with van der Waals surface area (Å²) in [4.78, 5) is 19.2. The fraction of sp³-hybridized carbons (Fsp3) is 0.400. The molecule has 0 aliphatic carbocycles. The second-order valence-corrected chi connectivity index (χ2v) is 3.03. The first-order valence-electron chi connectivity index (χ1n) is 4.71. The molecule has 0 aliphatic rings. The van der Waals surface area contributed by atoms with E-state index in [2.05, 4.69) is 15.3 Å². The van der Waals surface area contributed by atoms with Crippen molar-refractivity contribution in [3.63, 3.8) is 0 Å². The molecule has 0 saturated carbocycles. The minimum atomic E-state index is -0.287. The largest absolute Gasteiger partial charge is 0.347 e. The molecule has 1 atom stereocenters. The molecule has 0 spiro atoms. The molecule has 0 aromatic carbocycles. The molecule has 5 nitrogen and oxygen atoms in total. The number of carbonyl (C=O) groups excluding carboxylic acids is 1. The molecular formula is C10H12N4O. The van der Waals surface area contributed by atoms with Crippen LogP contribution in [0.3, 0.4) is 0 Å². The van der Waals surface area contributed by atoms with Gasteiger partial charge in [0.2, 0.25) is 0 Å². The van der Waals surface area contributed by atoms with E-state index >= 15 is 0 Å². The minimum absolute atomic E-state index is 0.121. The van der Waals surface area contributed by atoms with Gasteiger partial charge in [0.15, 0.2) is 0 Å². The van der Waals surface area contributed by atoms with Gasteiger partial charge >= 0.3 is 0 Å². The van der Waals surface area contributed by atoms with Gasteiger partial charge in [-0.1, -0.05) is 6.92 Å². The van der Waals surface area contributed by atoms with Crippen LogP contribution in [0.25, 0.3) is 0 Å². The van der Waals surface area contributed by atoms with Crippen LogP contribution in [-0.4, -0.2) is 21.9 Å². The number of nitrogens with one attached hydrogen (secondary N) is 1. The summed E-state index contributed by atoms with van der Waals surface area (Å²) in [5, 5.41) is 11.2. The van der Waals surface area contributed by atoms with Gasteiger partial charge in [-0.15, -0.1) is 0 Å². The van der Waals surface area contributed by atoms with E-state index in [-0.39, 0.29) is 17.6 Å². The van der Waals surface area contributed by atoms with Crippen LogP contribution < -0.4 is 5.32 Å². The van der Waals surface area contributed by atoms with Crippen molar-refractivity contribution in [2.24, 2.45) is 0 Å². The van der Waals surface area contributed by atoms with Crippen LogP contribution in [0.2, 0.25) is 0 Å². The van der Waals surface area contributed by atoms with E-state index in [9.17, 15) is 4.79 Å². The van der Waals surface area contributed by atoms with Crippen LogP contribution in [0.1, 0.15) is 30.3 Å². The van der Waals surface area contributed by atoms with Gasteiger partial charge in [-0.25, -0.2) is 4.98 Å². The predicted octanol–water partition coefficient (Wildman–Crippen LogP) is 0.899. The average molecular weight is 204 g/mol. The van der Waals surface area contributed by atoms with E-state index < -0.39 is 0 Å².